The third-order valence-electron chi connectivity index (χ3n) is 2.23. The van der Waals surface area contributed by atoms with E-state index in [0.29, 0.717) is 5.69 Å². The van der Waals surface area contributed by atoms with E-state index >= 15 is 0 Å². The fourth-order valence-corrected chi connectivity index (χ4v) is 1.24. The first-order valence-corrected chi connectivity index (χ1v) is 4.33. The van der Waals surface area contributed by atoms with E-state index in [1.54, 1.807) is 13.0 Å². The molecule has 0 aliphatic rings. The van der Waals surface area contributed by atoms with E-state index in [1.165, 1.54) is 6.07 Å². The maximum atomic E-state index is 11.3. The number of nitrogens with two attached hydrogens (primary N) is 1. The van der Waals surface area contributed by atoms with Crippen LogP contribution in [0.15, 0.2) is 12.1 Å². The van der Waals surface area contributed by atoms with E-state index in [-0.39, 0.29) is 5.56 Å². The van der Waals surface area contributed by atoms with Gasteiger partial charge < -0.3 is 10.5 Å². The summed E-state index contributed by atoms with van der Waals surface area (Å²) in [5.74, 6) is 2.75. The van der Waals surface area contributed by atoms with Gasteiger partial charge in [-0.15, -0.1) is 0 Å². The molecule has 1 aromatic carbocycles. The molecule has 0 amide bonds. The Labute approximate surface area is 86.9 Å². The highest BCUT2D eigenvalue weighted by atomic mass is 16.4. The molecule has 80 valence electrons. The van der Waals surface area contributed by atoms with Crippen LogP contribution in [-0.2, 0) is 4.79 Å². The average Bonchev–Trinajstić information content (AvgIpc) is 2.20. The van der Waals surface area contributed by atoms with Gasteiger partial charge >= 0.3 is 5.97 Å². The molecule has 0 saturated carbocycles. The van der Waals surface area contributed by atoms with Crippen molar-refractivity contribution in [3.63, 3.8) is 0 Å². The van der Waals surface area contributed by atoms with Crippen molar-refractivity contribution in [3.8, 4) is 0 Å². The highest BCUT2D eigenvalue weighted by molar-refractivity contribution is 6.41. The predicted octanol–water partition coefficient (Wildman–Crippen LogP) is 0.856. The smallest absolute Gasteiger partial charge is 0.377 e. The zero-order valence-corrected chi connectivity index (χ0v) is 8.50. The Hall–Kier alpha value is -1.88. The van der Waals surface area contributed by atoms with E-state index in [9.17, 15) is 9.59 Å². The van der Waals surface area contributed by atoms with Crippen molar-refractivity contribution < 1.29 is 14.7 Å². The number of aliphatic carboxylic acids is 1. The summed E-state index contributed by atoms with van der Waals surface area (Å²) >= 11 is 0. The van der Waals surface area contributed by atoms with Gasteiger partial charge in [-0.25, -0.2) is 4.79 Å². The monoisotopic (exact) mass is 208 g/mol. The van der Waals surface area contributed by atoms with Gasteiger partial charge in [-0.2, -0.15) is 0 Å². The van der Waals surface area contributed by atoms with Gasteiger partial charge in [0.15, 0.2) is 0 Å². The third-order valence-corrected chi connectivity index (χ3v) is 2.23. The van der Waals surface area contributed by atoms with Gasteiger partial charge in [0.25, 0.3) is 5.78 Å². The summed E-state index contributed by atoms with van der Waals surface area (Å²) in [7, 11) is 0. The Balaban J connectivity index is 3.34. The minimum absolute atomic E-state index is 0.0769. The van der Waals surface area contributed by atoms with E-state index in [0.717, 1.165) is 11.1 Å². The lowest BCUT2D eigenvalue weighted by atomic mass is 10.0. The number of carbonyl (C=O) groups excluding carboxylic acids is 1. The number of aryl methyl sites for hydroxylation is 2. The van der Waals surface area contributed by atoms with Crippen molar-refractivity contribution in [2.45, 2.75) is 13.8 Å². The molecule has 1 rings (SSSR count). The van der Waals surface area contributed by atoms with E-state index in [1.807, 2.05) is 6.92 Å². The average molecular weight is 208 g/mol. The lowest BCUT2D eigenvalue weighted by molar-refractivity contribution is -0.131. The quantitative estimate of drug-likeness (QED) is 0.296. The van der Waals surface area contributed by atoms with Crippen LogP contribution in [0, 0.1) is 13.8 Å². The number of anilines is 1. The Bertz CT molecular complexity index is 427. The number of hydrazine groups is 1. The molecule has 15 heavy (non-hydrogen) atoms. The fourth-order valence-electron chi connectivity index (χ4n) is 1.24. The second-order valence-electron chi connectivity index (χ2n) is 3.26. The molecule has 0 unspecified atom stereocenters. The highest BCUT2D eigenvalue weighted by Gasteiger charge is 2.19. The summed E-state index contributed by atoms with van der Waals surface area (Å²) in [6.45, 7) is 3.65. The van der Waals surface area contributed by atoms with Crippen molar-refractivity contribution in [2.75, 3.05) is 5.43 Å². The molecule has 0 saturated heterocycles. The number of carbonyl (C=O) groups is 2. The van der Waals surface area contributed by atoms with Gasteiger partial charge in [0.1, 0.15) is 0 Å². The highest BCUT2D eigenvalue weighted by Crippen LogP contribution is 2.20. The number of carboxylic acid groups (broad SMARTS) is 1. The van der Waals surface area contributed by atoms with Crippen molar-refractivity contribution in [2.24, 2.45) is 5.84 Å². The van der Waals surface area contributed by atoms with Crippen LogP contribution in [0.3, 0.4) is 0 Å². The van der Waals surface area contributed by atoms with Crippen LogP contribution in [0.25, 0.3) is 0 Å². The Morgan fingerprint density at radius 3 is 2.27 bits per heavy atom. The minimum atomic E-state index is -1.49. The summed E-state index contributed by atoms with van der Waals surface area (Å²) < 4.78 is 0. The number of nitrogen functional groups attached to an aromatic ring is 1. The SMILES string of the molecule is Cc1cc(NN)c(C(=O)C(=O)O)cc1C. The van der Waals surface area contributed by atoms with Crippen LogP contribution in [0.4, 0.5) is 5.69 Å². The Morgan fingerprint density at radius 2 is 1.80 bits per heavy atom. The lowest BCUT2D eigenvalue weighted by Gasteiger charge is -2.09. The fraction of sp³-hybridized carbons (Fsp3) is 0.200. The second-order valence-corrected chi connectivity index (χ2v) is 3.26. The maximum Gasteiger partial charge on any atom is 0.377 e. The molecule has 0 aliphatic carbocycles. The van der Waals surface area contributed by atoms with E-state index in [4.69, 9.17) is 10.9 Å². The van der Waals surface area contributed by atoms with Gasteiger partial charge in [0.2, 0.25) is 0 Å². The minimum Gasteiger partial charge on any atom is -0.475 e. The predicted molar refractivity (Wildman–Crippen MR) is 55.7 cm³/mol. The molecule has 0 fully saturated rings. The van der Waals surface area contributed by atoms with Crippen LogP contribution in [0.5, 0.6) is 0 Å². The molecule has 5 nitrogen and oxygen atoms in total. The number of rotatable bonds is 3. The summed E-state index contributed by atoms with van der Waals surface area (Å²) in [5, 5.41) is 8.60. The van der Waals surface area contributed by atoms with Crippen LogP contribution < -0.4 is 11.3 Å². The van der Waals surface area contributed by atoms with Gasteiger partial charge in [-0.1, -0.05) is 0 Å². The van der Waals surface area contributed by atoms with E-state index in [2.05, 4.69) is 5.43 Å². The number of nitrogens with one attached hydrogen (secondary N) is 1. The maximum absolute atomic E-state index is 11.3. The van der Waals surface area contributed by atoms with Crippen LogP contribution in [0.1, 0.15) is 21.5 Å². The molecule has 0 atom stereocenters. The molecule has 0 radical (unpaired) electrons. The molecule has 0 aliphatic heterocycles. The molecule has 5 heteroatoms. The normalized spacial score (nSPS) is 9.80. The molecule has 0 spiro atoms. The molecule has 0 aromatic heterocycles. The van der Waals surface area contributed by atoms with Crippen molar-refractivity contribution >= 4 is 17.4 Å². The number of carboxylic acids is 1. The van der Waals surface area contributed by atoms with Crippen LogP contribution in [0.2, 0.25) is 0 Å². The van der Waals surface area contributed by atoms with Gasteiger partial charge in [0, 0.05) is 0 Å². The van der Waals surface area contributed by atoms with Crippen molar-refractivity contribution in [3.05, 3.63) is 28.8 Å². The topological polar surface area (TPSA) is 92.4 Å². The van der Waals surface area contributed by atoms with Crippen molar-refractivity contribution in [1.29, 1.82) is 0 Å². The Kier molecular flexibility index (Phi) is 3.06. The largest absolute Gasteiger partial charge is 0.475 e. The number of Topliss-reactive ketones (excluding diaryl/α,β-unsaturated/α-hetero) is 1. The first-order chi connectivity index (χ1) is 6.97. The lowest BCUT2D eigenvalue weighted by Crippen LogP contribution is -2.18. The Morgan fingerprint density at radius 1 is 1.27 bits per heavy atom. The molecule has 4 N–H and O–H groups in total. The van der Waals surface area contributed by atoms with Gasteiger partial charge in [-0.3, -0.25) is 10.6 Å². The number of ketones is 1. The number of hydrogen-bond acceptors (Lipinski definition) is 4. The molecule has 0 heterocycles. The number of hydrogen-bond donors (Lipinski definition) is 3. The zero-order valence-electron chi connectivity index (χ0n) is 8.50. The summed E-state index contributed by atoms with van der Waals surface area (Å²) in [6.07, 6.45) is 0. The summed E-state index contributed by atoms with van der Waals surface area (Å²) in [5.41, 5.74) is 4.50. The first kappa shape index (κ1) is 11.2. The van der Waals surface area contributed by atoms with Crippen LogP contribution in [-0.4, -0.2) is 16.9 Å². The second kappa shape index (κ2) is 4.10. The standard InChI is InChI=1S/C10H12N2O3/c1-5-3-7(9(13)10(14)15)8(12-11)4-6(5)2/h3-4,12H,11H2,1-2H3,(H,14,15). The number of benzene rings is 1. The van der Waals surface area contributed by atoms with E-state index < -0.39 is 11.8 Å². The zero-order chi connectivity index (χ0) is 11.6. The van der Waals surface area contributed by atoms with Gasteiger partial charge in [0.05, 0.1) is 11.3 Å². The third kappa shape index (κ3) is 2.13. The van der Waals surface area contributed by atoms with Gasteiger partial charge in [-0.05, 0) is 37.1 Å². The summed E-state index contributed by atoms with van der Waals surface area (Å²) in [4.78, 5) is 21.8. The first-order valence-electron chi connectivity index (χ1n) is 4.33. The summed E-state index contributed by atoms with van der Waals surface area (Å²) in [6, 6.07) is 3.16. The molecular formula is C10H12N2O3. The van der Waals surface area contributed by atoms with Crippen LogP contribution >= 0.6 is 0 Å². The molecule has 1 aromatic rings. The van der Waals surface area contributed by atoms with Crippen molar-refractivity contribution in [1.82, 2.24) is 0 Å². The molecule has 0 bridgehead atoms. The molecular weight excluding hydrogens is 196 g/mol.